The maximum atomic E-state index is 2.55. The van der Waals surface area contributed by atoms with Crippen LogP contribution in [-0.4, -0.2) is 13.4 Å². The highest BCUT2D eigenvalue weighted by Gasteiger charge is 2.56. The molecule has 0 aromatic heterocycles. The van der Waals surface area contributed by atoms with Gasteiger partial charge in [0.25, 0.3) is 13.4 Å². The lowest BCUT2D eigenvalue weighted by atomic mass is 9.18. The lowest BCUT2D eigenvalue weighted by Crippen LogP contribution is -2.81. The molecule has 8 aromatic rings. The van der Waals surface area contributed by atoms with Crippen LogP contribution in [0, 0.1) is 27.7 Å². The molecule has 0 bridgehead atoms. The fourth-order valence-electron chi connectivity index (χ4n) is 10.9. The third-order valence-corrected chi connectivity index (χ3v) is 13.4. The van der Waals surface area contributed by atoms with E-state index in [0.717, 1.165) is 0 Å². The van der Waals surface area contributed by atoms with Crippen molar-refractivity contribution in [1.29, 1.82) is 0 Å². The second kappa shape index (κ2) is 11.4. The predicted molar refractivity (Wildman–Crippen MR) is 247 cm³/mol. The zero-order valence-electron chi connectivity index (χ0n) is 33.0. The van der Waals surface area contributed by atoms with Crippen molar-refractivity contribution in [3.05, 3.63) is 180 Å². The fraction of sp³-hybridized carbons (Fsp3) is 0.0769. The topological polar surface area (TPSA) is 13.0 Å². The van der Waals surface area contributed by atoms with Crippen molar-refractivity contribution in [2.24, 2.45) is 0 Å². The first kappa shape index (κ1) is 32.2. The summed E-state index contributed by atoms with van der Waals surface area (Å²) in [6.07, 6.45) is 0. The Labute approximate surface area is 340 Å². The quantitative estimate of drug-likeness (QED) is 0.167. The normalized spacial score (nSPS) is 14.3. The molecule has 272 valence electrons. The summed E-state index contributed by atoms with van der Waals surface area (Å²) in [7, 11) is 0. The SMILES string of the molecule is Cc1ccc(N2c3cccc4c3B3c5c2ccc2c5B5c6c(cccc6N(c6ccc(C)cc6)c6ccc(c3c65)N4c3ccc(C)cc3)N2c2ccc(C)cc2)cc1. The molecule has 5 heterocycles. The van der Waals surface area contributed by atoms with Gasteiger partial charge in [0.15, 0.2) is 0 Å². The van der Waals surface area contributed by atoms with E-state index in [-0.39, 0.29) is 13.4 Å². The minimum absolute atomic E-state index is 0.0484. The number of aryl methyl sites for hydroxylation is 4. The lowest BCUT2D eigenvalue weighted by molar-refractivity contribution is 1.22. The third kappa shape index (κ3) is 4.07. The maximum Gasteiger partial charge on any atom is 0.251 e. The van der Waals surface area contributed by atoms with Gasteiger partial charge in [-0.2, -0.15) is 0 Å². The van der Waals surface area contributed by atoms with Crippen LogP contribution in [0.3, 0.4) is 0 Å². The summed E-state index contributed by atoms with van der Waals surface area (Å²) in [5.41, 5.74) is 28.3. The summed E-state index contributed by atoms with van der Waals surface area (Å²) in [6, 6.07) is 60.0. The van der Waals surface area contributed by atoms with Crippen LogP contribution in [0.4, 0.5) is 68.2 Å². The molecule has 5 aliphatic rings. The van der Waals surface area contributed by atoms with Gasteiger partial charge in [-0.15, -0.1) is 0 Å². The van der Waals surface area contributed by atoms with Crippen molar-refractivity contribution < 1.29 is 0 Å². The second-order valence-electron chi connectivity index (χ2n) is 16.8. The van der Waals surface area contributed by atoms with Crippen LogP contribution in [0.5, 0.6) is 0 Å². The molecule has 4 nitrogen and oxygen atoms in total. The van der Waals surface area contributed by atoms with Gasteiger partial charge in [0.05, 0.1) is 0 Å². The van der Waals surface area contributed by atoms with Crippen LogP contribution in [-0.2, 0) is 0 Å². The van der Waals surface area contributed by atoms with E-state index < -0.39 is 0 Å². The lowest BCUT2D eigenvalue weighted by Gasteiger charge is -2.53. The number of rotatable bonds is 4. The predicted octanol–water partition coefficient (Wildman–Crippen LogP) is 9.40. The van der Waals surface area contributed by atoms with Crippen molar-refractivity contribution >= 4 is 114 Å². The molecule has 0 fully saturated rings. The van der Waals surface area contributed by atoms with Crippen molar-refractivity contribution in [1.82, 2.24) is 0 Å². The molecular weight excluding hydrogens is 702 g/mol. The maximum absolute atomic E-state index is 2.55. The van der Waals surface area contributed by atoms with Gasteiger partial charge in [0.2, 0.25) is 0 Å². The van der Waals surface area contributed by atoms with Crippen molar-refractivity contribution in [2.75, 3.05) is 19.6 Å². The smallest absolute Gasteiger partial charge is 0.251 e. The average molecular weight is 741 g/mol. The van der Waals surface area contributed by atoms with E-state index in [9.17, 15) is 0 Å². The monoisotopic (exact) mass is 740 g/mol. The summed E-state index contributed by atoms with van der Waals surface area (Å²) in [5.74, 6) is 0. The van der Waals surface area contributed by atoms with Gasteiger partial charge in [0.1, 0.15) is 0 Å². The summed E-state index contributed by atoms with van der Waals surface area (Å²) < 4.78 is 0. The van der Waals surface area contributed by atoms with Gasteiger partial charge >= 0.3 is 0 Å². The van der Waals surface area contributed by atoms with E-state index in [2.05, 4.69) is 205 Å². The first-order chi connectivity index (χ1) is 28.4. The molecule has 0 unspecified atom stereocenters. The summed E-state index contributed by atoms with van der Waals surface area (Å²) in [5, 5.41) is 0. The Kier molecular flexibility index (Phi) is 6.31. The van der Waals surface area contributed by atoms with E-state index in [1.807, 2.05) is 0 Å². The Morgan fingerprint density at radius 3 is 0.672 bits per heavy atom. The highest BCUT2D eigenvalue weighted by Crippen LogP contribution is 2.50. The zero-order chi connectivity index (χ0) is 38.6. The molecule has 0 N–H and O–H groups in total. The molecule has 0 atom stereocenters. The van der Waals surface area contributed by atoms with Crippen LogP contribution in [0.15, 0.2) is 158 Å². The summed E-state index contributed by atoms with van der Waals surface area (Å²) in [6.45, 7) is 8.80. The minimum Gasteiger partial charge on any atom is -0.311 e. The standard InChI is InChI=1S/C52H38B2N4/c1-31-11-19-35(20-12-31)55-39-7-5-8-40-47(39)53-49-43(55)27-28-44-50(49)54-48-41(57(44)37-23-15-33(3)16-24-37)9-6-10-42(48)58(38-25-17-34(4)18-26-38)46-30-29-45(51(53)52(46)54)56(40)36-21-13-32(2)14-22-36/h5-30H,1-4H3. The molecule has 5 aliphatic heterocycles. The average Bonchev–Trinajstić information content (AvgIpc) is 3.25. The molecule has 0 saturated heterocycles. The van der Waals surface area contributed by atoms with E-state index in [1.165, 1.54) is 123 Å². The number of anilines is 12. The van der Waals surface area contributed by atoms with Crippen LogP contribution < -0.4 is 52.4 Å². The van der Waals surface area contributed by atoms with Gasteiger partial charge in [-0.1, -0.05) is 82.9 Å². The van der Waals surface area contributed by atoms with Gasteiger partial charge in [0, 0.05) is 68.2 Å². The molecule has 0 radical (unpaired) electrons. The number of hydrogen-bond acceptors (Lipinski definition) is 4. The number of benzene rings is 8. The van der Waals surface area contributed by atoms with E-state index in [0.29, 0.717) is 0 Å². The number of nitrogens with zero attached hydrogens (tertiary/aromatic N) is 4. The number of hydrogen-bond donors (Lipinski definition) is 0. The van der Waals surface area contributed by atoms with Crippen LogP contribution >= 0.6 is 0 Å². The third-order valence-electron chi connectivity index (χ3n) is 13.4. The molecule has 58 heavy (non-hydrogen) atoms. The van der Waals surface area contributed by atoms with Gasteiger partial charge in [-0.25, -0.2) is 0 Å². The Morgan fingerprint density at radius 2 is 0.448 bits per heavy atom. The van der Waals surface area contributed by atoms with Crippen LogP contribution in [0.25, 0.3) is 0 Å². The Balaban J connectivity index is 1.21. The molecule has 0 aliphatic carbocycles. The van der Waals surface area contributed by atoms with Crippen molar-refractivity contribution in [3.63, 3.8) is 0 Å². The minimum atomic E-state index is 0.0484. The summed E-state index contributed by atoms with van der Waals surface area (Å²) >= 11 is 0. The molecular formula is C52H38B2N4. The zero-order valence-corrected chi connectivity index (χ0v) is 33.0. The van der Waals surface area contributed by atoms with Crippen LogP contribution in [0.1, 0.15) is 22.3 Å². The van der Waals surface area contributed by atoms with Gasteiger partial charge in [-0.05, 0) is 158 Å². The molecule has 0 spiro atoms. The molecule has 8 aromatic carbocycles. The highest BCUT2D eigenvalue weighted by molar-refractivity contribution is 7.16. The Morgan fingerprint density at radius 1 is 0.241 bits per heavy atom. The largest absolute Gasteiger partial charge is 0.311 e. The summed E-state index contributed by atoms with van der Waals surface area (Å²) in [4.78, 5) is 10.2. The van der Waals surface area contributed by atoms with E-state index in [4.69, 9.17) is 0 Å². The molecule has 6 heteroatoms. The van der Waals surface area contributed by atoms with Crippen LogP contribution in [0.2, 0.25) is 0 Å². The first-order valence-corrected chi connectivity index (χ1v) is 20.5. The van der Waals surface area contributed by atoms with Gasteiger partial charge in [-0.3, -0.25) is 0 Å². The first-order valence-electron chi connectivity index (χ1n) is 20.5. The Hall–Kier alpha value is -6.91. The van der Waals surface area contributed by atoms with Crippen molar-refractivity contribution in [2.45, 2.75) is 27.7 Å². The molecule has 0 amide bonds. The van der Waals surface area contributed by atoms with Gasteiger partial charge < -0.3 is 19.6 Å². The van der Waals surface area contributed by atoms with E-state index >= 15 is 0 Å². The van der Waals surface area contributed by atoms with E-state index in [1.54, 1.807) is 0 Å². The molecule has 0 saturated carbocycles. The Bertz CT molecular complexity index is 2660. The second-order valence-corrected chi connectivity index (χ2v) is 16.8. The fourth-order valence-corrected chi connectivity index (χ4v) is 10.9. The van der Waals surface area contributed by atoms with Crippen molar-refractivity contribution in [3.8, 4) is 0 Å². The molecule has 13 rings (SSSR count). The highest BCUT2D eigenvalue weighted by atomic mass is 15.2.